The van der Waals surface area contributed by atoms with Gasteiger partial charge in [-0.25, -0.2) is 4.98 Å². The van der Waals surface area contributed by atoms with E-state index in [-0.39, 0.29) is 23.1 Å². The van der Waals surface area contributed by atoms with Crippen molar-refractivity contribution < 1.29 is 4.92 Å². The molecule has 1 aromatic heterocycles. The summed E-state index contributed by atoms with van der Waals surface area (Å²) in [5.41, 5.74) is 2.37. The van der Waals surface area contributed by atoms with E-state index < -0.39 is 4.92 Å². The Hall–Kier alpha value is -4.52. The number of nitro groups is 1. The molecule has 0 amide bonds. The van der Waals surface area contributed by atoms with E-state index in [1.807, 2.05) is 91.0 Å². The average molecular weight is 409 g/mol. The average Bonchev–Trinajstić information content (AvgIpc) is 2.79. The van der Waals surface area contributed by atoms with Crippen LogP contribution < -0.4 is 10.6 Å². The molecule has 0 saturated carbocycles. The van der Waals surface area contributed by atoms with Crippen LogP contribution in [0.4, 0.5) is 28.8 Å². The molecule has 7 heteroatoms. The van der Waals surface area contributed by atoms with Crippen molar-refractivity contribution in [1.29, 1.82) is 0 Å². The summed E-state index contributed by atoms with van der Waals surface area (Å²) in [6, 6.07) is 28.1. The largest absolute Gasteiger partial charge is 0.337 e. The number of aromatic nitrogens is 2. The second-order valence-corrected chi connectivity index (χ2v) is 6.61. The lowest BCUT2D eigenvalue weighted by molar-refractivity contribution is -0.384. The van der Waals surface area contributed by atoms with Crippen molar-refractivity contribution in [2.45, 2.75) is 0 Å². The fourth-order valence-corrected chi connectivity index (χ4v) is 2.96. The molecular weight excluding hydrogens is 390 g/mol. The molecule has 0 aliphatic carbocycles. The normalized spacial score (nSPS) is 10.7. The number of benzene rings is 3. The Kier molecular flexibility index (Phi) is 5.95. The second-order valence-electron chi connectivity index (χ2n) is 6.61. The highest BCUT2D eigenvalue weighted by atomic mass is 16.6. The van der Waals surface area contributed by atoms with Gasteiger partial charge < -0.3 is 10.6 Å². The van der Waals surface area contributed by atoms with Crippen LogP contribution in [0.3, 0.4) is 0 Å². The van der Waals surface area contributed by atoms with Crippen LogP contribution in [0, 0.1) is 10.1 Å². The first kappa shape index (κ1) is 19.8. The first-order valence-electron chi connectivity index (χ1n) is 9.63. The highest BCUT2D eigenvalue weighted by molar-refractivity contribution is 5.79. The topological polar surface area (TPSA) is 93.0 Å². The van der Waals surface area contributed by atoms with Crippen LogP contribution in [-0.4, -0.2) is 14.9 Å². The number of nitrogens with zero attached hydrogens (tertiary/aromatic N) is 3. The molecule has 0 spiro atoms. The molecule has 0 radical (unpaired) electrons. The highest BCUT2D eigenvalue weighted by Gasteiger charge is 2.24. The Morgan fingerprint density at radius 3 is 1.84 bits per heavy atom. The summed E-state index contributed by atoms with van der Waals surface area (Å²) >= 11 is 0. The first-order valence-corrected chi connectivity index (χ1v) is 9.63. The molecule has 0 bridgehead atoms. The molecule has 1 heterocycles. The zero-order valence-electron chi connectivity index (χ0n) is 16.5. The highest BCUT2D eigenvalue weighted by Crippen LogP contribution is 2.31. The minimum Gasteiger partial charge on any atom is -0.334 e. The van der Waals surface area contributed by atoms with E-state index >= 15 is 0 Å². The fraction of sp³-hybridized carbons (Fsp3) is 0. The van der Waals surface area contributed by atoms with Gasteiger partial charge in [0.15, 0.2) is 0 Å². The molecule has 0 saturated heterocycles. The van der Waals surface area contributed by atoms with E-state index in [1.54, 1.807) is 12.2 Å². The first-order chi connectivity index (χ1) is 15.2. The number of anilines is 4. The molecule has 31 heavy (non-hydrogen) atoms. The molecule has 152 valence electrons. The zero-order valence-corrected chi connectivity index (χ0v) is 16.5. The van der Waals surface area contributed by atoms with E-state index in [0.29, 0.717) is 5.69 Å². The van der Waals surface area contributed by atoms with Gasteiger partial charge in [0, 0.05) is 11.4 Å². The molecule has 7 nitrogen and oxygen atoms in total. The third kappa shape index (κ3) is 5.10. The molecule has 0 aliphatic rings. The summed E-state index contributed by atoms with van der Waals surface area (Å²) in [6.45, 7) is 0. The Bertz CT molecular complexity index is 1200. The smallest absolute Gasteiger partial charge is 0.334 e. The molecule has 0 unspecified atom stereocenters. The van der Waals surface area contributed by atoms with Crippen LogP contribution in [0.1, 0.15) is 11.3 Å². The quantitative estimate of drug-likeness (QED) is 0.285. The molecule has 0 fully saturated rings. The van der Waals surface area contributed by atoms with Gasteiger partial charge in [-0.2, -0.15) is 4.98 Å². The maximum Gasteiger partial charge on any atom is 0.337 e. The molecule has 2 N–H and O–H groups in total. The summed E-state index contributed by atoms with van der Waals surface area (Å²) in [5, 5.41) is 18.1. The van der Waals surface area contributed by atoms with Gasteiger partial charge in [0.1, 0.15) is 5.69 Å². The Morgan fingerprint density at radius 2 is 1.26 bits per heavy atom. The zero-order chi connectivity index (χ0) is 21.5. The van der Waals surface area contributed by atoms with E-state index in [9.17, 15) is 10.1 Å². The third-order valence-corrected chi connectivity index (χ3v) is 4.39. The van der Waals surface area contributed by atoms with Crippen LogP contribution >= 0.6 is 0 Å². The SMILES string of the molecule is O=[N+]([O-])c1c(/C=C/c2ccccc2)nc(Nc2ccccc2)nc1Nc1ccccc1. The lowest BCUT2D eigenvalue weighted by Crippen LogP contribution is -2.07. The van der Waals surface area contributed by atoms with Gasteiger partial charge >= 0.3 is 5.69 Å². The predicted molar refractivity (Wildman–Crippen MR) is 124 cm³/mol. The Labute approximate surface area is 179 Å². The summed E-state index contributed by atoms with van der Waals surface area (Å²) < 4.78 is 0. The predicted octanol–water partition coefficient (Wildman–Crippen LogP) is 6.04. The van der Waals surface area contributed by atoms with Crippen molar-refractivity contribution >= 4 is 41.0 Å². The molecular formula is C24H19N5O2. The van der Waals surface area contributed by atoms with Crippen LogP contribution in [0.15, 0.2) is 91.0 Å². The lowest BCUT2D eigenvalue weighted by Gasteiger charge is -2.11. The maximum atomic E-state index is 11.9. The van der Waals surface area contributed by atoms with Gasteiger partial charge in [-0.15, -0.1) is 0 Å². The summed E-state index contributed by atoms with van der Waals surface area (Å²) in [4.78, 5) is 20.3. The summed E-state index contributed by atoms with van der Waals surface area (Å²) in [6.07, 6.45) is 3.41. The minimum absolute atomic E-state index is 0.109. The van der Waals surface area contributed by atoms with Gasteiger partial charge in [-0.3, -0.25) is 10.1 Å². The standard InChI is InChI=1S/C24H19N5O2/c30-29(31)22-21(17-16-18-10-4-1-5-11-18)27-24(26-20-14-8-3-9-15-20)28-23(22)25-19-12-6-2-7-13-19/h1-17H,(H2,25,26,27,28)/b17-16+. The van der Waals surface area contributed by atoms with Gasteiger partial charge in [-0.1, -0.05) is 72.8 Å². The molecule has 0 atom stereocenters. The Morgan fingerprint density at radius 1 is 0.710 bits per heavy atom. The second kappa shape index (κ2) is 9.32. The van der Waals surface area contributed by atoms with Gasteiger partial charge in [-0.05, 0) is 35.9 Å². The summed E-state index contributed by atoms with van der Waals surface area (Å²) in [7, 11) is 0. The van der Waals surface area contributed by atoms with E-state index in [1.165, 1.54) is 0 Å². The number of rotatable bonds is 7. The summed E-state index contributed by atoms with van der Waals surface area (Å²) in [5.74, 6) is 0.361. The van der Waals surface area contributed by atoms with Crippen molar-refractivity contribution in [2.75, 3.05) is 10.6 Å². The lowest BCUT2D eigenvalue weighted by atomic mass is 10.2. The number of nitrogens with one attached hydrogen (secondary N) is 2. The van der Waals surface area contributed by atoms with E-state index in [2.05, 4.69) is 20.6 Å². The Balaban J connectivity index is 1.79. The monoisotopic (exact) mass is 409 g/mol. The molecule has 4 rings (SSSR count). The van der Waals surface area contributed by atoms with E-state index in [4.69, 9.17) is 0 Å². The van der Waals surface area contributed by atoms with Crippen LogP contribution in [0.25, 0.3) is 12.2 Å². The maximum absolute atomic E-state index is 11.9. The van der Waals surface area contributed by atoms with Crippen LogP contribution in [0.5, 0.6) is 0 Å². The molecule has 0 aliphatic heterocycles. The fourth-order valence-electron chi connectivity index (χ4n) is 2.96. The van der Waals surface area contributed by atoms with Gasteiger partial charge in [0.2, 0.25) is 11.8 Å². The third-order valence-electron chi connectivity index (χ3n) is 4.39. The number of hydrogen-bond donors (Lipinski definition) is 2. The van der Waals surface area contributed by atoms with Crippen molar-refractivity contribution in [1.82, 2.24) is 9.97 Å². The van der Waals surface area contributed by atoms with Gasteiger partial charge in [0.25, 0.3) is 0 Å². The van der Waals surface area contributed by atoms with Crippen molar-refractivity contribution in [2.24, 2.45) is 0 Å². The van der Waals surface area contributed by atoms with Gasteiger partial charge in [0.05, 0.1) is 4.92 Å². The number of para-hydroxylation sites is 2. The van der Waals surface area contributed by atoms with Crippen LogP contribution in [0.2, 0.25) is 0 Å². The minimum atomic E-state index is -0.470. The van der Waals surface area contributed by atoms with Crippen molar-refractivity contribution in [3.05, 3.63) is 112 Å². The van der Waals surface area contributed by atoms with Crippen LogP contribution in [-0.2, 0) is 0 Å². The van der Waals surface area contributed by atoms with Crippen molar-refractivity contribution in [3.63, 3.8) is 0 Å². The van der Waals surface area contributed by atoms with Crippen molar-refractivity contribution in [3.8, 4) is 0 Å². The molecule has 3 aromatic carbocycles. The van der Waals surface area contributed by atoms with E-state index in [0.717, 1.165) is 11.3 Å². The number of hydrogen-bond acceptors (Lipinski definition) is 6. The molecule has 4 aromatic rings.